The zero-order chi connectivity index (χ0) is 17.2. The molecule has 2 heterocycles. The van der Waals surface area contributed by atoms with E-state index >= 15 is 0 Å². The Morgan fingerprint density at radius 2 is 1.92 bits per heavy atom. The van der Waals surface area contributed by atoms with E-state index in [0.717, 1.165) is 39.0 Å². The van der Waals surface area contributed by atoms with Crippen LogP contribution < -0.4 is 10.2 Å². The van der Waals surface area contributed by atoms with Crippen molar-refractivity contribution >= 4 is 54.6 Å². The molecule has 1 N–H and O–H groups in total. The number of amides is 1. The standard InChI is InChI=1S/C19H17BrN2O2S/c20-14-5-6-16(22-7-9-24-10-8-22)15(12-14)21-19(23)18-11-13-3-1-2-4-17(13)25-18/h1-6,11-12H,7-10H2,(H,21,23). The van der Waals surface area contributed by atoms with E-state index in [1.54, 1.807) is 0 Å². The van der Waals surface area contributed by atoms with Crippen LogP contribution in [0.25, 0.3) is 10.1 Å². The molecule has 1 saturated heterocycles. The van der Waals surface area contributed by atoms with Crippen LogP contribution in [0.3, 0.4) is 0 Å². The summed E-state index contributed by atoms with van der Waals surface area (Å²) in [6.45, 7) is 3.07. The number of anilines is 2. The zero-order valence-corrected chi connectivity index (χ0v) is 15.9. The second kappa shape index (κ2) is 7.15. The molecule has 3 aromatic rings. The smallest absolute Gasteiger partial charge is 0.265 e. The van der Waals surface area contributed by atoms with Gasteiger partial charge in [0.25, 0.3) is 5.91 Å². The minimum absolute atomic E-state index is 0.0752. The van der Waals surface area contributed by atoms with Gasteiger partial charge in [-0.05, 0) is 35.7 Å². The molecule has 1 aromatic heterocycles. The average molecular weight is 417 g/mol. The highest BCUT2D eigenvalue weighted by Gasteiger charge is 2.18. The van der Waals surface area contributed by atoms with Crippen molar-refractivity contribution in [2.24, 2.45) is 0 Å². The maximum atomic E-state index is 12.8. The summed E-state index contributed by atoms with van der Waals surface area (Å²) < 4.78 is 7.49. The van der Waals surface area contributed by atoms with Crippen LogP contribution in [0.1, 0.15) is 9.67 Å². The van der Waals surface area contributed by atoms with Gasteiger partial charge in [0.15, 0.2) is 0 Å². The summed E-state index contributed by atoms with van der Waals surface area (Å²) in [7, 11) is 0. The predicted octanol–water partition coefficient (Wildman–Crippen LogP) is 4.75. The van der Waals surface area contributed by atoms with E-state index in [9.17, 15) is 4.79 Å². The first-order chi connectivity index (χ1) is 12.2. The SMILES string of the molecule is O=C(Nc1cc(Br)ccc1N1CCOCC1)c1cc2ccccc2s1. The van der Waals surface area contributed by atoms with Gasteiger partial charge in [0.2, 0.25) is 0 Å². The molecule has 128 valence electrons. The lowest BCUT2D eigenvalue weighted by molar-refractivity contribution is 0.103. The van der Waals surface area contributed by atoms with Crippen LogP contribution in [0.15, 0.2) is 53.0 Å². The highest BCUT2D eigenvalue weighted by molar-refractivity contribution is 9.10. The van der Waals surface area contributed by atoms with Crippen molar-refractivity contribution in [3.63, 3.8) is 0 Å². The second-order valence-corrected chi connectivity index (χ2v) is 7.86. The molecular weight excluding hydrogens is 400 g/mol. The number of carbonyl (C=O) groups excluding carboxylic acids is 1. The van der Waals surface area contributed by atoms with Gasteiger partial charge in [-0.25, -0.2) is 0 Å². The molecule has 1 fully saturated rings. The van der Waals surface area contributed by atoms with Gasteiger partial charge in [0, 0.05) is 22.3 Å². The summed E-state index contributed by atoms with van der Waals surface area (Å²) in [6, 6.07) is 16.0. The summed E-state index contributed by atoms with van der Waals surface area (Å²) in [5.41, 5.74) is 1.85. The van der Waals surface area contributed by atoms with Crippen molar-refractivity contribution in [3.8, 4) is 0 Å². The Labute approximate surface area is 158 Å². The van der Waals surface area contributed by atoms with E-state index in [4.69, 9.17) is 4.74 Å². The van der Waals surface area contributed by atoms with Crippen molar-refractivity contribution in [3.05, 3.63) is 57.9 Å². The fourth-order valence-corrected chi connectivity index (χ4v) is 4.29. The minimum atomic E-state index is -0.0752. The third-order valence-electron chi connectivity index (χ3n) is 4.21. The largest absolute Gasteiger partial charge is 0.378 e. The van der Waals surface area contributed by atoms with Crippen molar-refractivity contribution in [2.75, 3.05) is 36.5 Å². The molecule has 0 bridgehead atoms. The first-order valence-corrected chi connectivity index (χ1v) is 9.74. The summed E-state index contributed by atoms with van der Waals surface area (Å²) in [5.74, 6) is -0.0752. The predicted molar refractivity (Wildman–Crippen MR) is 107 cm³/mol. The first kappa shape index (κ1) is 16.6. The van der Waals surface area contributed by atoms with Crippen molar-refractivity contribution < 1.29 is 9.53 Å². The third-order valence-corrected chi connectivity index (χ3v) is 5.82. The second-order valence-electron chi connectivity index (χ2n) is 5.86. The van der Waals surface area contributed by atoms with Gasteiger partial charge in [0.1, 0.15) is 0 Å². The number of thiophene rings is 1. The molecule has 0 saturated carbocycles. The van der Waals surface area contributed by atoms with E-state index in [2.05, 4.69) is 26.1 Å². The molecule has 0 spiro atoms. The molecule has 25 heavy (non-hydrogen) atoms. The summed E-state index contributed by atoms with van der Waals surface area (Å²) in [6.07, 6.45) is 0. The lowest BCUT2D eigenvalue weighted by Gasteiger charge is -2.30. The third kappa shape index (κ3) is 3.56. The van der Waals surface area contributed by atoms with Crippen LogP contribution in [-0.4, -0.2) is 32.2 Å². The summed E-state index contributed by atoms with van der Waals surface area (Å²) in [4.78, 5) is 15.7. The van der Waals surface area contributed by atoms with Crippen LogP contribution in [0.4, 0.5) is 11.4 Å². The number of carbonyl (C=O) groups is 1. The van der Waals surface area contributed by atoms with Crippen molar-refractivity contribution in [2.45, 2.75) is 0 Å². The molecule has 0 unspecified atom stereocenters. The van der Waals surface area contributed by atoms with Gasteiger partial charge >= 0.3 is 0 Å². The van der Waals surface area contributed by atoms with Crippen LogP contribution in [0, 0.1) is 0 Å². The Morgan fingerprint density at radius 3 is 2.72 bits per heavy atom. The number of nitrogens with one attached hydrogen (secondary N) is 1. The quantitative estimate of drug-likeness (QED) is 0.669. The van der Waals surface area contributed by atoms with Gasteiger partial charge < -0.3 is 15.0 Å². The topological polar surface area (TPSA) is 41.6 Å². The number of halogens is 1. The molecule has 1 aliphatic rings. The fraction of sp³-hybridized carbons (Fsp3) is 0.211. The molecule has 6 heteroatoms. The van der Waals surface area contributed by atoms with Gasteiger partial charge in [-0.15, -0.1) is 11.3 Å². The molecule has 2 aromatic carbocycles. The van der Waals surface area contributed by atoms with E-state index < -0.39 is 0 Å². The van der Waals surface area contributed by atoms with Gasteiger partial charge in [0.05, 0.1) is 29.5 Å². The summed E-state index contributed by atoms with van der Waals surface area (Å²) >= 11 is 5.02. The molecule has 4 rings (SSSR count). The Balaban J connectivity index is 1.62. The number of ether oxygens (including phenoxy) is 1. The number of hydrogen-bond donors (Lipinski definition) is 1. The zero-order valence-electron chi connectivity index (χ0n) is 13.5. The number of morpholine rings is 1. The number of fused-ring (bicyclic) bond motifs is 1. The van der Waals surface area contributed by atoms with Crippen molar-refractivity contribution in [1.29, 1.82) is 0 Å². The maximum Gasteiger partial charge on any atom is 0.265 e. The number of nitrogens with zero attached hydrogens (tertiary/aromatic N) is 1. The van der Waals surface area contributed by atoms with Crippen molar-refractivity contribution in [1.82, 2.24) is 0 Å². The van der Waals surface area contributed by atoms with Crippen LogP contribution in [0.5, 0.6) is 0 Å². The molecule has 1 aliphatic heterocycles. The van der Waals surface area contributed by atoms with Gasteiger partial charge in [-0.3, -0.25) is 4.79 Å². The van der Waals surface area contributed by atoms with E-state index in [0.29, 0.717) is 18.1 Å². The number of benzene rings is 2. The van der Waals surface area contributed by atoms with E-state index in [1.807, 2.05) is 48.5 Å². The minimum Gasteiger partial charge on any atom is -0.378 e. The highest BCUT2D eigenvalue weighted by atomic mass is 79.9. The number of rotatable bonds is 3. The van der Waals surface area contributed by atoms with E-state index in [1.165, 1.54) is 11.3 Å². The van der Waals surface area contributed by atoms with E-state index in [-0.39, 0.29) is 5.91 Å². The molecule has 0 aliphatic carbocycles. The molecular formula is C19H17BrN2O2S. The molecule has 0 radical (unpaired) electrons. The first-order valence-electron chi connectivity index (χ1n) is 8.13. The van der Waals surface area contributed by atoms with Gasteiger partial charge in [-0.2, -0.15) is 0 Å². The van der Waals surface area contributed by atoms with Crippen LogP contribution in [-0.2, 0) is 4.74 Å². The monoisotopic (exact) mass is 416 g/mol. The molecule has 1 amide bonds. The maximum absolute atomic E-state index is 12.8. The van der Waals surface area contributed by atoms with Crippen LogP contribution in [0.2, 0.25) is 0 Å². The highest BCUT2D eigenvalue weighted by Crippen LogP contribution is 2.32. The average Bonchev–Trinajstić information content (AvgIpc) is 3.07. The Hall–Kier alpha value is -1.89. The number of hydrogen-bond acceptors (Lipinski definition) is 4. The Morgan fingerprint density at radius 1 is 1.12 bits per heavy atom. The Kier molecular flexibility index (Phi) is 4.74. The lowest BCUT2D eigenvalue weighted by atomic mass is 10.2. The molecule has 0 atom stereocenters. The fourth-order valence-electron chi connectivity index (χ4n) is 2.97. The normalized spacial score (nSPS) is 14.7. The summed E-state index contributed by atoms with van der Waals surface area (Å²) in [5, 5.41) is 4.18. The van der Waals surface area contributed by atoms with Crippen LogP contribution >= 0.6 is 27.3 Å². The lowest BCUT2D eigenvalue weighted by Crippen LogP contribution is -2.36. The Bertz CT molecular complexity index is 886. The van der Waals surface area contributed by atoms with Gasteiger partial charge in [-0.1, -0.05) is 34.1 Å². The molecule has 4 nitrogen and oxygen atoms in total.